The van der Waals surface area contributed by atoms with Gasteiger partial charge in [0, 0.05) is 0 Å². The molecule has 3 heteroatoms. The SMILES string of the molecule is Cc1ccc(N2CC(c3ccccc3)C(=O)N2)cc1. The number of nitrogens with zero attached hydrogens (tertiary/aromatic N) is 1. The molecule has 96 valence electrons. The van der Waals surface area contributed by atoms with Crippen LogP contribution in [-0.2, 0) is 4.79 Å². The molecule has 1 atom stereocenters. The first-order chi connectivity index (χ1) is 9.24. The summed E-state index contributed by atoms with van der Waals surface area (Å²) in [6.45, 7) is 2.73. The summed E-state index contributed by atoms with van der Waals surface area (Å²) in [6, 6.07) is 18.1. The first kappa shape index (κ1) is 11.8. The molecule has 0 radical (unpaired) electrons. The van der Waals surface area contributed by atoms with Gasteiger partial charge in [-0.05, 0) is 24.6 Å². The molecular weight excluding hydrogens is 236 g/mol. The number of nitrogens with one attached hydrogen (secondary N) is 1. The van der Waals surface area contributed by atoms with Crippen molar-refractivity contribution in [3.8, 4) is 0 Å². The molecule has 0 aromatic heterocycles. The second kappa shape index (κ2) is 4.76. The van der Waals surface area contributed by atoms with Gasteiger partial charge in [-0.2, -0.15) is 0 Å². The molecule has 0 saturated carbocycles. The summed E-state index contributed by atoms with van der Waals surface area (Å²) in [6.07, 6.45) is 0. The lowest BCUT2D eigenvalue weighted by Crippen LogP contribution is -2.32. The van der Waals surface area contributed by atoms with Crippen LogP contribution in [0.5, 0.6) is 0 Å². The molecule has 1 N–H and O–H groups in total. The van der Waals surface area contributed by atoms with E-state index in [4.69, 9.17) is 0 Å². The largest absolute Gasteiger partial charge is 0.284 e. The average molecular weight is 252 g/mol. The molecule has 1 heterocycles. The van der Waals surface area contributed by atoms with Crippen molar-refractivity contribution in [2.24, 2.45) is 0 Å². The highest BCUT2D eigenvalue weighted by Crippen LogP contribution is 2.25. The van der Waals surface area contributed by atoms with Crippen LogP contribution in [-0.4, -0.2) is 12.5 Å². The van der Waals surface area contributed by atoms with Crippen LogP contribution in [0.25, 0.3) is 0 Å². The van der Waals surface area contributed by atoms with Gasteiger partial charge in [0.15, 0.2) is 0 Å². The van der Waals surface area contributed by atoms with Gasteiger partial charge in [-0.3, -0.25) is 15.2 Å². The van der Waals surface area contributed by atoms with Crippen LogP contribution in [0.1, 0.15) is 17.0 Å². The van der Waals surface area contributed by atoms with Gasteiger partial charge in [0.25, 0.3) is 0 Å². The van der Waals surface area contributed by atoms with E-state index < -0.39 is 0 Å². The van der Waals surface area contributed by atoms with Gasteiger partial charge in [-0.1, -0.05) is 48.0 Å². The number of carbonyl (C=O) groups is 1. The minimum atomic E-state index is -0.0949. The van der Waals surface area contributed by atoms with E-state index in [-0.39, 0.29) is 11.8 Å². The van der Waals surface area contributed by atoms with E-state index in [1.807, 2.05) is 47.5 Å². The Hall–Kier alpha value is -2.29. The monoisotopic (exact) mass is 252 g/mol. The number of aryl methyl sites for hydroxylation is 1. The second-order valence-electron chi connectivity index (χ2n) is 4.89. The topological polar surface area (TPSA) is 32.3 Å². The fourth-order valence-corrected chi connectivity index (χ4v) is 2.36. The third-order valence-electron chi connectivity index (χ3n) is 3.47. The highest BCUT2D eigenvalue weighted by molar-refractivity contribution is 5.88. The number of hydrogen-bond acceptors (Lipinski definition) is 2. The van der Waals surface area contributed by atoms with Crippen LogP contribution in [0.15, 0.2) is 54.6 Å². The zero-order valence-corrected chi connectivity index (χ0v) is 10.8. The van der Waals surface area contributed by atoms with Crippen LogP contribution >= 0.6 is 0 Å². The van der Waals surface area contributed by atoms with Crippen molar-refractivity contribution in [1.29, 1.82) is 0 Å². The van der Waals surface area contributed by atoms with Gasteiger partial charge in [-0.15, -0.1) is 0 Å². The predicted molar refractivity (Wildman–Crippen MR) is 75.9 cm³/mol. The van der Waals surface area contributed by atoms with E-state index in [9.17, 15) is 4.79 Å². The Bertz CT molecular complexity index is 577. The number of hydrogen-bond donors (Lipinski definition) is 1. The van der Waals surface area contributed by atoms with Crippen LogP contribution < -0.4 is 10.4 Å². The Balaban J connectivity index is 1.82. The van der Waals surface area contributed by atoms with Crippen LogP contribution in [0.2, 0.25) is 0 Å². The van der Waals surface area contributed by atoms with Crippen molar-refractivity contribution in [3.63, 3.8) is 0 Å². The van der Waals surface area contributed by atoms with Gasteiger partial charge >= 0.3 is 0 Å². The summed E-state index contributed by atoms with van der Waals surface area (Å²) >= 11 is 0. The molecule has 2 aromatic rings. The lowest BCUT2D eigenvalue weighted by Gasteiger charge is -2.17. The van der Waals surface area contributed by atoms with Crippen molar-refractivity contribution in [3.05, 3.63) is 65.7 Å². The Morgan fingerprint density at radius 3 is 2.42 bits per heavy atom. The molecule has 1 unspecified atom stereocenters. The first-order valence-corrected chi connectivity index (χ1v) is 6.44. The maximum absolute atomic E-state index is 12.1. The molecular formula is C16H16N2O. The molecule has 0 spiro atoms. The number of rotatable bonds is 2. The Kier molecular flexibility index (Phi) is 2.95. The van der Waals surface area contributed by atoms with Gasteiger partial charge in [0.2, 0.25) is 5.91 Å². The number of anilines is 1. The van der Waals surface area contributed by atoms with Crippen LogP contribution in [0.3, 0.4) is 0 Å². The van der Waals surface area contributed by atoms with E-state index in [0.29, 0.717) is 6.54 Å². The fourth-order valence-electron chi connectivity index (χ4n) is 2.36. The van der Waals surface area contributed by atoms with Gasteiger partial charge < -0.3 is 0 Å². The first-order valence-electron chi connectivity index (χ1n) is 6.44. The third kappa shape index (κ3) is 2.32. The molecule has 1 aliphatic heterocycles. The number of amides is 1. The number of benzene rings is 2. The maximum Gasteiger partial charge on any atom is 0.247 e. The molecule has 2 aromatic carbocycles. The smallest absolute Gasteiger partial charge is 0.247 e. The summed E-state index contributed by atoms with van der Waals surface area (Å²) in [5.74, 6) is -0.0331. The minimum Gasteiger partial charge on any atom is -0.284 e. The van der Waals surface area contributed by atoms with E-state index in [2.05, 4.69) is 24.5 Å². The minimum absolute atomic E-state index is 0.0618. The van der Waals surface area contributed by atoms with Gasteiger partial charge in [0.1, 0.15) is 0 Å². The van der Waals surface area contributed by atoms with E-state index in [1.165, 1.54) is 5.56 Å². The number of hydrazine groups is 1. The van der Waals surface area contributed by atoms with E-state index in [0.717, 1.165) is 11.3 Å². The maximum atomic E-state index is 12.1. The average Bonchev–Trinajstić information content (AvgIpc) is 2.83. The summed E-state index contributed by atoms with van der Waals surface area (Å²) < 4.78 is 0. The molecule has 3 nitrogen and oxygen atoms in total. The molecule has 0 aliphatic carbocycles. The zero-order valence-electron chi connectivity index (χ0n) is 10.8. The highest BCUT2D eigenvalue weighted by atomic mass is 16.2. The normalized spacial score (nSPS) is 18.5. The summed E-state index contributed by atoms with van der Waals surface area (Å²) in [4.78, 5) is 12.1. The molecule has 1 fully saturated rings. The fraction of sp³-hybridized carbons (Fsp3) is 0.188. The standard InChI is InChI=1S/C16H16N2O/c1-12-7-9-14(10-8-12)18-11-15(16(19)17-18)13-5-3-2-4-6-13/h2-10,15H,11H2,1H3,(H,17,19). The Morgan fingerprint density at radius 2 is 1.74 bits per heavy atom. The lowest BCUT2D eigenvalue weighted by atomic mass is 10.00. The molecule has 3 rings (SSSR count). The quantitative estimate of drug-likeness (QED) is 0.891. The zero-order chi connectivity index (χ0) is 13.2. The number of carbonyl (C=O) groups excluding carboxylic acids is 1. The third-order valence-corrected chi connectivity index (χ3v) is 3.47. The second-order valence-corrected chi connectivity index (χ2v) is 4.89. The van der Waals surface area contributed by atoms with Gasteiger partial charge in [0.05, 0.1) is 18.2 Å². The van der Waals surface area contributed by atoms with Crippen LogP contribution in [0, 0.1) is 6.92 Å². The van der Waals surface area contributed by atoms with Crippen molar-refractivity contribution in [2.75, 3.05) is 11.6 Å². The molecule has 0 bridgehead atoms. The Labute approximate surface area is 112 Å². The van der Waals surface area contributed by atoms with Crippen molar-refractivity contribution >= 4 is 11.6 Å². The molecule has 1 amide bonds. The highest BCUT2D eigenvalue weighted by Gasteiger charge is 2.31. The summed E-state index contributed by atoms with van der Waals surface area (Å²) in [5.41, 5.74) is 6.24. The van der Waals surface area contributed by atoms with Crippen molar-refractivity contribution in [1.82, 2.24) is 5.43 Å². The molecule has 19 heavy (non-hydrogen) atoms. The van der Waals surface area contributed by atoms with Crippen molar-refractivity contribution < 1.29 is 4.79 Å². The van der Waals surface area contributed by atoms with Crippen molar-refractivity contribution in [2.45, 2.75) is 12.8 Å². The Morgan fingerprint density at radius 1 is 1.05 bits per heavy atom. The van der Waals surface area contributed by atoms with Gasteiger partial charge in [-0.25, -0.2) is 0 Å². The summed E-state index contributed by atoms with van der Waals surface area (Å²) in [7, 11) is 0. The van der Waals surface area contributed by atoms with Crippen LogP contribution in [0.4, 0.5) is 5.69 Å². The summed E-state index contributed by atoms with van der Waals surface area (Å²) in [5, 5.41) is 1.92. The van der Waals surface area contributed by atoms with E-state index in [1.54, 1.807) is 0 Å². The lowest BCUT2D eigenvalue weighted by molar-refractivity contribution is -0.120. The predicted octanol–water partition coefficient (Wildman–Crippen LogP) is 2.63. The van der Waals surface area contributed by atoms with E-state index >= 15 is 0 Å². The molecule has 1 saturated heterocycles. The molecule has 1 aliphatic rings.